The highest BCUT2D eigenvalue weighted by molar-refractivity contribution is 7.44. The molecule has 250 valence electrons. The van der Waals surface area contributed by atoms with Crippen molar-refractivity contribution >= 4 is 16.4 Å². The number of fused-ring (bicyclic) bond motifs is 2. The first-order chi connectivity index (χ1) is 22.7. The molecule has 0 N–H and O–H groups in total. The Morgan fingerprint density at radius 3 is 1.96 bits per heavy atom. The monoisotopic (exact) mass is 660 g/mol. The van der Waals surface area contributed by atoms with Gasteiger partial charge >= 0.3 is 0 Å². The summed E-state index contributed by atoms with van der Waals surface area (Å²) in [4.78, 5) is 0. The Hall–Kier alpha value is -3.00. The van der Waals surface area contributed by atoms with Gasteiger partial charge < -0.3 is 32.7 Å². The van der Waals surface area contributed by atoms with Crippen LogP contribution in [0.2, 0.25) is 0 Å². The topological polar surface area (TPSA) is 91.6 Å². The molecule has 0 spiro atoms. The Kier molecular flexibility index (Phi) is 11.6. The second-order valence-electron chi connectivity index (χ2n) is 12.5. The molecule has 3 aromatic carbocycles. The summed E-state index contributed by atoms with van der Waals surface area (Å²) in [6.07, 6.45) is -0.468. The molecule has 5 atom stereocenters. The van der Waals surface area contributed by atoms with E-state index in [0.717, 1.165) is 28.2 Å². The third kappa shape index (κ3) is 7.23. The number of nitriles is 1. The Morgan fingerprint density at radius 2 is 1.47 bits per heavy atom. The zero-order chi connectivity index (χ0) is 33.6. The summed E-state index contributed by atoms with van der Waals surface area (Å²) >= 11 is 0. The molecule has 11 heteroatoms. The Balaban J connectivity index is 1.56. The van der Waals surface area contributed by atoms with E-state index in [4.69, 9.17) is 32.7 Å². The van der Waals surface area contributed by atoms with Gasteiger partial charge in [0.25, 0.3) is 8.53 Å². The predicted octanol–water partition coefficient (Wildman–Crippen LogP) is 5.80. The van der Waals surface area contributed by atoms with Crippen LogP contribution in [0, 0.1) is 11.3 Å². The van der Waals surface area contributed by atoms with Crippen LogP contribution in [0.4, 0.5) is 0 Å². The molecule has 0 radical (unpaired) electrons. The van der Waals surface area contributed by atoms with E-state index < -0.39 is 25.8 Å². The highest BCUT2D eigenvalue weighted by Gasteiger charge is 2.63. The predicted molar refractivity (Wildman–Crippen MR) is 184 cm³/mol. The van der Waals surface area contributed by atoms with E-state index in [1.807, 2.05) is 74.6 Å². The molecule has 5 rings (SSSR count). The molecule has 0 aliphatic carbocycles. The van der Waals surface area contributed by atoms with Crippen molar-refractivity contribution in [3.05, 3.63) is 95.6 Å². The van der Waals surface area contributed by atoms with Crippen LogP contribution in [0.5, 0.6) is 11.5 Å². The van der Waals surface area contributed by atoms with Crippen LogP contribution in [-0.2, 0) is 28.9 Å². The first-order valence-electron chi connectivity index (χ1n) is 16.2. The van der Waals surface area contributed by atoms with Crippen molar-refractivity contribution in [3.8, 4) is 17.6 Å². The smallest absolute Gasteiger partial charge is 0.259 e. The molecule has 3 aromatic rings. The van der Waals surface area contributed by atoms with E-state index in [1.54, 1.807) is 14.2 Å². The van der Waals surface area contributed by atoms with Crippen LogP contribution in [0.15, 0.2) is 78.9 Å². The molecule has 2 saturated heterocycles. The van der Waals surface area contributed by atoms with Crippen LogP contribution in [0.25, 0.3) is 0 Å². The van der Waals surface area contributed by atoms with Gasteiger partial charge in [-0.1, -0.05) is 54.6 Å². The quantitative estimate of drug-likeness (QED) is 0.0819. The number of ether oxygens (including phenoxy) is 5. The zero-order valence-corrected chi connectivity index (χ0v) is 29.3. The van der Waals surface area contributed by atoms with Gasteiger partial charge in [-0.05, 0) is 68.7 Å². The summed E-state index contributed by atoms with van der Waals surface area (Å²) < 4.78 is 46.9. The van der Waals surface area contributed by atoms with Crippen molar-refractivity contribution in [1.82, 2.24) is 4.67 Å². The Morgan fingerprint density at radius 1 is 0.915 bits per heavy atom. The first kappa shape index (κ1) is 35.3. The number of benzene rings is 3. The fourth-order valence-corrected chi connectivity index (χ4v) is 8.45. The van der Waals surface area contributed by atoms with Crippen molar-refractivity contribution in [2.75, 3.05) is 34.0 Å². The minimum Gasteiger partial charge on any atom is -0.497 e. The van der Waals surface area contributed by atoms with Gasteiger partial charge in [0, 0.05) is 12.1 Å². The van der Waals surface area contributed by atoms with Gasteiger partial charge in [0.05, 0.1) is 52.5 Å². The molecule has 47 heavy (non-hydrogen) atoms. The first-order valence-corrected chi connectivity index (χ1v) is 17.3. The average molecular weight is 661 g/mol. The molecular weight excluding hydrogens is 614 g/mol. The number of hydrogen-bond acceptors (Lipinski definition) is 9. The maximum absolute atomic E-state index is 9.23. The Bertz CT molecular complexity index is 1420. The summed E-state index contributed by atoms with van der Waals surface area (Å²) in [6, 6.07) is 28.4. The van der Waals surface area contributed by atoms with Crippen molar-refractivity contribution in [3.63, 3.8) is 0 Å². The van der Waals surface area contributed by atoms with E-state index >= 15 is 0 Å². The van der Waals surface area contributed by atoms with Crippen molar-refractivity contribution in [2.24, 2.45) is 0 Å². The number of methoxy groups -OCH3 is 2. The molecule has 2 aliphatic heterocycles. The fourth-order valence-electron chi connectivity index (χ4n) is 6.64. The van der Waals surface area contributed by atoms with Crippen LogP contribution in [0.3, 0.4) is 0 Å². The SMILES string of the molecule is B[C@@H]1O[C@@]2(COC(c3ccccc3)(c3ccc(OC)cc3)c3ccc(OC)cc3)CO[C@@H]1[C@@H]2OP(OCCC#N)N(C(C)C)C(C)C. The molecule has 0 amide bonds. The molecule has 0 aromatic heterocycles. The lowest BCUT2D eigenvalue weighted by Crippen LogP contribution is -2.49. The number of hydrogen-bond donors (Lipinski definition) is 0. The van der Waals surface area contributed by atoms with Gasteiger partial charge in [0.1, 0.15) is 42.8 Å². The van der Waals surface area contributed by atoms with Crippen LogP contribution in [0.1, 0.15) is 50.8 Å². The summed E-state index contributed by atoms with van der Waals surface area (Å²) in [6.45, 7) is 9.28. The number of rotatable bonds is 16. The molecule has 0 saturated carbocycles. The molecule has 2 heterocycles. The minimum atomic E-state index is -1.53. The van der Waals surface area contributed by atoms with Crippen LogP contribution in [-0.4, -0.2) is 82.5 Å². The van der Waals surface area contributed by atoms with E-state index in [9.17, 15) is 5.26 Å². The normalized spacial score (nSPS) is 22.9. The molecular formula is C36H46BN2O7P. The van der Waals surface area contributed by atoms with Gasteiger partial charge in [-0.2, -0.15) is 5.26 Å². The van der Waals surface area contributed by atoms with E-state index in [1.165, 1.54) is 0 Å². The third-order valence-electron chi connectivity index (χ3n) is 8.79. The zero-order valence-electron chi connectivity index (χ0n) is 28.4. The second-order valence-corrected chi connectivity index (χ2v) is 13.9. The van der Waals surface area contributed by atoms with Crippen molar-refractivity contribution in [1.29, 1.82) is 5.26 Å². The van der Waals surface area contributed by atoms with Gasteiger partial charge in [0.15, 0.2) is 0 Å². The van der Waals surface area contributed by atoms with E-state index in [2.05, 4.69) is 50.6 Å². The van der Waals surface area contributed by atoms with Crippen molar-refractivity contribution in [2.45, 2.75) is 75.6 Å². The van der Waals surface area contributed by atoms with Gasteiger partial charge in [0.2, 0.25) is 0 Å². The maximum atomic E-state index is 9.23. The molecule has 2 bridgehead atoms. The lowest BCUT2D eigenvalue weighted by atomic mass is 9.79. The van der Waals surface area contributed by atoms with Gasteiger partial charge in [-0.15, -0.1) is 0 Å². The highest BCUT2D eigenvalue weighted by Crippen LogP contribution is 2.54. The second kappa shape index (κ2) is 15.5. The maximum Gasteiger partial charge on any atom is 0.259 e. The summed E-state index contributed by atoms with van der Waals surface area (Å²) in [5, 5.41) is 9.23. The van der Waals surface area contributed by atoms with E-state index in [-0.39, 0.29) is 43.8 Å². The van der Waals surface area contributed by atoms with Crippen molar-refractivity contribution < 1.29 is 32.7 Å². The van der Waals surface area contributed by atoms with Crippen LogP contribution < -0.4 is 9.47 Å². The third-order valence-corrected chi connectivity index (χ3v) is 10.9. The van der Waals surface area contributed by atoms with E-state index in [0.29, 0.717) is 6.61 Å². The lowest BCUT2D eigenvalue weighted by Gasteiger charge is -2.41. The summed E-state index contributed by atoms with van der Waals surface area (Å²) in [5.41, 5.74) is 0.888. The van der Waals surface area contributed by atoms with Gasteiger partial charge in [-0.3, -0.25) is 0 Å². The fraction of sp³-hybridized carbons (Fsp3) is 0.472. The van der Waals surface area contributed by atoms with Gasteiger partial charge in [-0.25, -0.2) is 4.67 Å². The number of nitrogens with zero attached hydrogens (tertiary/aromatic N) is 2. The lowest BCUT2D eigenvalue weighted by molar-refractivity contribution is -0.163. The average Bonchev–Trinajstić information content (AvgIpc) is 3.55. The molecule has 9 nitrogen and oxygen atoms in total. The Labute approximate surface area is 281 Å². The summed E-state index contributed by atoms with van der Waals surface area (Å²) in [5.74, 6) is 1.50. The standard InChI is InChI=1S/C36H46BN2O7P/c1-25(2)39(26(3)4)47(44-22-10-21-38)46-33-32-34(37)45-35(33,23-42-32)24-43-36(27-11-8-7-9-12-27,28-13-17-30(40-5)18-14-28)29-15-19-31(41-6)20-16-29/h7-9,11-20,25-26,32-34H,10,22-24,37H2,1-6H3/t32-,33+,34-,35-,47?/m1/s1. The summed E-state index contributed by atoms with van der Waals surface area (Å²) in [7, 11) is 3.80. The molecule has 2 aliphatic rings. The minimum absolute atomic E-state index is 0.157. The molecule has 2 fully saturated rings. The highest BCUT2D eigenvalue weighted by atomic mass is 31.2. The van der Waals surface area contributed by atoms with Crippen LogP contribution >= 0.6 is 8.53 Å². The molecule has 1 unspecified atom stereocenters. The largest absolute Gasteiger partial charge is 0.497 e.